The molecule has 0 rings (SSSR count). The Morgan fingerprint density at radius 2 is 1.81 bits per heavy atom. The zero-order chi connectivity index (χ0) is 12.4. The highest BCUT2D eigenvalue weighted by atomic mass is 32.2. The van der Waals surface area contributed by atoms with Crippen molar-refractivity contribution in [3.05, 3.63) is 0 Å². The lowest BCUT2D eigenvalue weighted by molar-refractivity contribution is 0.159. The van der Waals surface area contributed by atoms with Gasteiger partial charge in [0.15, 0.2) is 0 Å². The van der Waals surface area contributed by atoms with Crippen LogP contribution in [0.5, 0.6) is 0 Å². The van der Waals surface area contributed by atoms with Crippen LogP contribution in [0.4, 0.5) is 0 Å². The number of hydrogen-bond donors (Lipinski definition) is 1. The average molecular weight is 246 g/mol. The maximum Gasteiger partial charge on any atom is 0.0633 e. The summed E-state index contributed by atoms with van der Waals surface area (Å²) in [7, 11) is 0. The van der Waals surface area contributed by atoms with Crippen LogP contribution in [0, 0.1) is 11.8 Å². The molecule has 1 N–H and O–H groups in total. The third-order valence-corrected chi connectivity index (χ3v) is 4.43. The van der Waals surface area contributed by atoms with Crippen LogP contribution < -0.4 is 0 Å². The third kappa shape index (κ3) is 9.53. The Bertz CT molecular complexity index is 148. The fourth-order valence-corrected chi connectivity index (χ4v) is 2.89. The van der Waals surface area contributed by atoms with Gasteiger partial charge in [-0.15, -0.1) is 0 Å². The van der Waals surface area contributed by atoms with E-state index in [1.807, 2.05) is 11.8 Å². The molecule has 0 spiro atoms. The van der Waals surface area contributed by atoms with E-state index in [0.717, 1.165) is 24.0 Å². The van der Waals surface area contributed by atoms with Gasteiger partial charge >= 0.3 is 0 Å². The monoisotopic (exact) mass is 246 g/mol. The lowest BCUT2D eigenvalue weighted by Crippen LogP contribution is -2.16. The summed E-state index contributed by atoms with van der Waals surface area (Å²) in [6, 6.07) is 0. The molecule has 0 fully saturated rings. The quantitative estimate of drug-likeness (QED) is 0.618. The van der Waals surface area contributed by atoms with Crippen molar-refractivity contribution >= 4 is 11.8 Å². The van der Waals surface area contributed by atoms with Gasteiger partial charge < -0.3 is 5.11 Å². The Morgan fingerprint density at radius 3 is 2.31 bits per heavy atom. The molecule has 0 aromatic rings. The second-order valence-electron chi connectivity index (χ2n) is 5.24. The van der Waals surface area contributed by atoms with E-state index in [1.165, 1.54) is 31.4 Å². The highest BCUT2D eigenvalue weighted by Crippen LogP contribution is 2.20. The molecule has 98 valence electrons. The molecule has 2 unspecified atom stereocenters. The summed E-state index contributed by atoms with van der Waals surface area (Å²) in [6.07, 6.45) is 6.00. The van der Waals surface area contributed by atoms with Crippen LogP contribution in [-0.2, 0) is 0 Å². The predicted molar refractivity (Wildman–Crippen MR) is 76.1 cm³/mol. The molecular weight excluding hydrogens is 216 g/mol. The highest BCUT2D eigenvalue weighted by Gasteiger charge is 2.12. The molecule has 0 radical (unpaired) electrons. The highest BCUT2D eigenvalue weighted by molar-refractivity contribution is 7.99. The summed E-state index contributed by atoms with van der Waals surface area (Å²) in [5, 5.41) is 9.94. The lowest BCUT2D eigenvalue weighted by Gasteiger charge is -2.18. The van der Waals surface area contributed by atoms with Crippen LogP contribution in [0.15, 0.2) is 0 Å². The Hall–Kier alpha value is 0.310. The van der Waals surface area contributed by atoms with Gasteiger partial charge in [-0.1, -0.05) is 53.4 Å². The summed E-state index contributed by atoms with van der Waals surface area (Å²) >= 11 is 1.90. The molecule has 0 aromatic carbocycles. The van der Waals surface area contributed by atoms with E-state index in [1.54, 1.807) is 0 Å². The molecule has 0 bridgehead atoms. The number of aliphatic hydroxyl groups excluding tert-OH is 1. The summed E-state index contributed by atoms with van der Waals surface area (Å²) < 4.78 is 0. The smallest absolute Gasteiger partial charge is 0.0633 e. The minimum atomic E-state index is -0.0921. The Kier molecular flexibility index (Phi) is 10.7. The number of hydrogen-bond acceptors (Lipinski definition) is 2. The third-order valence-electron chi connectivity index (χ3n) is 2.91. The zero-order valence-electron chi connectivity index (χ0n) is 11.5. The van der Waals surface area contributed by atoms with E-state index >= 15 is 0 Å². The van der Waals surface area contributed by atoms with Crippen molar-refractivity contribution < 1.29 is 5.11 Å². The van der Waals surface area contributed by atoms with Crippen LogP contribution >= 0.6 is 11.8 Å². The van der Waals surface area contributed by atoms with Gasteiger partial charge in [0.25, 0.3) is 0 Å². The first-order valence-electron chi connectivity index (χ1n) is 6.85. The SMILES string of the molecule is CCCCC(CC)CC(O)CSCC(C)C. The second kappa shape index (κ2) is 10.5. The van der Waals surface area contributed by atoms with E-state index in [0.29, 0.717) is 0 Å². The molecule has 0 saturated heterocycles. The first-order valence-corrected chi connectivity index (χ1v) is 8.01. The van der Waals surface area contributed by atoms with Gasteiger partial charge in [0.1, 0.15) is 0 Å². The van der Waals surface area contributed by atoms with Crippen molar-refractivity contribution in [2.45, 2.75) is 65.9 Å². The minimum absolute atomic E-state index is 0.0921. The van der Waals surface area contributed by atoms with Crippen molar-refractivity contribution in [1.29, 1.82) is 0 Å². The molecule has 1 nitrogen and oxygen atoms in total. The van der Waals surface area contributed by atoms with E-state index in [2.05, 4.69) is 27.7 Å². The maximum atomic E-state index is 9.94. The van der Waals surface area contributed by atoms with Crippen LogP contribution in [0.25, 0.3) is 0 Å². The Morgan fingerprint density at radius 1 is 1.12 bits per heavy atom. The average Bonchev–Trinajstić information content (AvgIpc) is 2.23. The minimum Gasteiger partial charge on any atom is -0.392 e. The largest absolute Gasteiger partial charge is 0.392 e. The molecular formula is C14H30OS. The van der Waals surface area contributed by atoms with Crippen LogP contribution in [-0.4, -0.2) is 22.7 Å². The van der Waals surface area contributed by atoms with E-state index in [4.69, 9.17) is 0 Å². The summed E-state index contributed by atoms with van der Waals surface area (Å²) in [5.41, 5.74) is 0. The molecule has 0 aliphatic heterocycles. The maximum absolute atomic E-state index is 9.94. The van der Waals surface area contributed by atoms with Crippen LogP contribution in [0.2, 0.25) is 0 Å². The molecule has 0 heterocycles. The summed E-state index contributed by atoms with van der Waals surface area (Å²) in [5.74, 6) is 3.55. The molecule has 0 aromatic heterocycles. The first kappa shape index (κ1) is 16.3. The second-order valence-corrected chi connectivity index (χ2v) is 6.31. The molecule has 0 amide bonds. The number of aliphatic hydroxyl groups is 1. The Labute approximate surface area is 106 Å². The normalized spacial score (nSPS) is 15.4. The number of thioether (sulfide) groups is 1. The predicted octanol–water partition coefficient (Wildman–Crippen LogP) is 4.34. The van der Waals surface area contributed by atoms with E-state index < -0.39 is 0 Å². The first-order chi connectivity index (χ1) is 7.60. The van der Waals surface area contributed by atoms with Gasteiger partial charge in [-0.25, -0.2) is 0 Å². The molecule has 2 atom stereocenters. The van der Waals surface area contributed by atoms with Crippen LogP contribution in [0.3, 0.4) is 0 Å². The van der Waals surface area contributed by atoms with Crippen molar-refractivity contribution in [1.82, 2.24) is 0 Å². The Balaban J connectivity index is 3.60. The van der Waals surface area contributed by atoms with Gasteiger partial charge in [0, 0.05) is 5.75 Å². The van der Waals surface area contributed by atoms with Gasteiger partial charge in [0.2, 0.25) is 0 Å². The van der Waals surface area contributed by atoms with Crippen molar-refractivity contribution in [2.75, 3.05) is 11.5 Å². The molecule has 0 saturated carbocycles. The topological polar surface area (TPSA) is 20.2 Å². The van der Waals surface area contributed by atoms with Crippen molar-refractivity contribution in [3.63, 3.8) is 0 Å². The number of rotatable bonds is 10. The zero-order valence-corrected chi connectivity index (χ0v) is 12.4. The van der Waals surface area contributed by atoms with Gasteiger partial charge in [0.05, 0.1) is 6.10 Å². The van der Waals surface area contributed by atoms with Gasteiger partial charge in [-0.05, 0) is 24.0 Å². The molecule has 2 heteroatoms. The van der Waals surface area contributed by atoms with Crippen molar-refractivity contribution in [3.8, 4) is 0 Å². The van der Waals surface area contributed by atoms with Crippen molar-refractivity contribution in [2.24, 2.45) is 11.8 Å². The van der Waals surface area contributed by atoms with E-state index in [-0.39, 0.29) is 6.10 Å². The van der Waals surface area contributed by atoms with Gasteiger partial charge in [-0.3, -0.25) is 0 Å². The van der Waals surface area contributed by atoms with Gasteiger partial charge in [-0.2, -0.15) is 11.8 Å². The standard InChI is InChI=1S/C14H30OS/c1-5-7-8-13(6-2)9-14(15)11-16-10-12(3)4/h12-15H,5-11H2,1-4H3. The number of unbranched alkanes of at least 4 members (excludes halogenated alkanes) is 1. The fraction of sp³-hybridized carbons (Fsp3) is 1.00. The van der Waals surface area contributed by atoms with Crippen LogP contribution in [0.1, 0.15) is 59.8 Å². The molecule has 16 heavy (non-hydrogen) atoms. The summed E-state index contributed by atoms with van der Waals surface area (Å²) in [4.78, 5) is 0. The molecule has 0 aliphatic rings. The lowest BCUT2D eigenvalue weighted by atomic mass is 9.94. The van der Waals surface area contributed by atoms with E-state index in [9.17, 15) is 5.11 Å². The molecule has 0 aliphatic carbocycles. The summed E-state index contributed by atoms with van der Waals surface area (Å²) in [6.45, 7) is 8.95. The fourth-order valence-electron chi connectivity index (χ4n) is 1.87.